The van der Waals surface area contributed by atoms with Gasteiger partial charge in [0.25, 0.3) is 6.04 Å². The highest BCUT2D eigenvalue weighted by molar-refractivity contribution is 5.86. The van der Waals surface area contributed by atoms with Crippen molar-refractivity contribution in [3.05, 3.63) is 77.7 Å². The van der Waals surface area contributed by atoms with Gasteiger partial charge in [0.1, 0.15) is 11.9 Å². The van der Waals surface area contributed by atoms with E-state index in [1.807, 2.05) is 24.7 Å². The second-order valence-corrected chi connectivity index (χ2v) is 10.5. The summed E-state index contributed by atoms with van der Waals surface area (Å²) in [6, 6.07) is 13.6. The summed E-state index contributed by atoms with van der Waals surface area (Å²) in [5, 5.41) is 14.1. The Morgan fingerprint density at radius 3 is 2.56 bits per heavy atom. The monoisotopic (exact) mass is 517 g/mol. The van der Waals surface area contributed by atoms with Gasteiger partial charge >= 0.3 is 0 Å². The van der Waals surface area contributed by atoms with Crippen LogP contribution in [-0.2, 0) is 6.54 Å². The molecule has 8 rings (SSSR count). The lowest BCUT2D eigenvalue weighted by atomic mass is 9.87. The van der Waals surface area contributed by atoms with Gasteiger partial charge in [0, 0.05) is 61.3 Å². The van der Waals surface area contributed by atoms with E-state index in [1.54, 1.807) is 17.8 Å². The first kappa shape index (κ1) is 23.4. The molecule has 4 aromatic rings. The number of nitriles is 1. The highest BCUT2D eigenvalue weighted by Crippen LogP contribution is 2.37. The molecule has 4 aliphatic heterocycles. The van der Waals surface area contributed by atoms with Crippen LogP contribution in [-0.4, -0.2) is 75.9 Å². The molecule has 10 nitrogen and oxygen atoms in total. The van der Waals surface area contributed by atoms with Crippen LogP contribution in [0.5, 0.6) is 5.88 Å². The van der Waals surface area contributed by atoms with Gasteiger partial charge in [0.05, 0.1) is 49.4 Å². The number of fused-ring (bicyclic) bond motifs is 3. The summed E-state index contributed by atoms with van der Waals surface area (Å²) >= 11 is 0. The minimum Gasteiger partial charge on any atom is -0.481 e. The second kappa shape index (κ2) is 9.26. The number of piperazine rings is 1. The minimum absolute atomic E-state index is 0.0388. The lowest BCUT2D eigenvalue weighted by molar-refractivity contribution is -0.00876. The van der Waals surface area contributed by atoms with Crippen molar-refractivity contribution in [1.82, 2.24) is 24.5 Å². The molecule has 0 saturated carbocycles. The van der Waals surface area contributed by atoms with Crippen molar-refractivity contribution in [1.29, 1.82) is 5.26 Å². The molecule has 4 aliphatic rings. The summed E-state index contributed by atoms with van der Waals surface area (Å²) in [4.78, 5) is 20.0. The molecular weight excluding hydrogens is 490 g/mol. The molecule has 0 amide bonds. The molecule has 0 aliphatic carbocycles. The standard InChI is InChI=1S/C29H27N9O/c1-31-22-14-35(15-22)23-8-26(29-21(9-30)12-34-38(29)18-23)20-4-5-27(32-11-20)36-16-24-7-25(17-36)37(24)13-19-3-6-28(39-2)33-10-19/h3-6,8,10-12,18,22,24-25H,7,13-17H2,2H3. The maximum Gasteiger partial charge on any atom is 0.257 e. The molecule has 8 heterocycles. The van der Waals surface area contributed by atoms with Gasteiger partial charge in [-0.1, -0.05) is 6.07 Å². The van der Waals surface area contributed by atoms with E-state index in [0.717, 1.165) is 47.8 Å². The van der Waals surface area contributed by atoms with Crippen LogP contribution in [0.25, 0.3) is 21.5 Å². The number of nitrogens with zero attached hydrogens (tertiary/aromatic N) is 9. The van der Waals surface area contributed by atoms with Crippen molar-refractivity contribution in [2.24, 2.45) is 0 Å². The summed E-state index contributed by atoms with van der Waals surface area (Å²) in [6.07, 6.45) is 8.57. The quantitative estimate of drug-likeness (QED) is 0.360. The molecule has 0 radical (unpaired) electrons. The molecule has 194 valence electrons. The number of ether oxygens (including phenoxy) is 1. The predicted octanol–water partition coefficient (Wildman–Crippen LogP) is 3.24. The Hall–Kier alpha value is -4.67. The molecule has 0 spiro atoms. The fourth-order valence-electron chi connectivity index (χ4n) is 6.03. The summed E-state index contributed by atoms with van der Waals surface area (Å²) < 4.78 is 6.95. The maximum atomic E-state index is 9.70. The molecule has 39 heavy (non-hydrogen) atoms. The SMILES string of the molecule is [C-]#[N+]C1CN(c2cc(-c3ccc(N4CC5CC(C4)N5Cc4ccc(OC)nc4)nc3)c3c(C#N)cnn3c2)C1. The average molecular weight is 518 g/mol. The molecule has 4 fully saturated rings. The zero-order valence-corrected chi connectivity index (χ0v) is 21.6. The van der Waals surface area contributed by atoms with Gasteiger partial charge in [-0.15, -0.1) is 0 Å². The smallest absolute Gasteiger partial charge is 0.257 e. The lowest BCUT2D eigenvalue weighted by Crippen LogP contribution is -2.68. The number of pyridine rings is 3. The van der Waals surface area contributed by atoms with Gasteiger partial charge < -0.3 is 19.4 Å². The van der Waals surface area contributed by atoms with Crippen molar-refractivity contribution in [2.75, 3.05) is 43.1 Å². The Kier molecular flexibility index (Phi) is 5.57. The summed E-state index contributed by atoms with van der Waals surface area (Å²) in [6.45, 7) is 11.5. The van der Waals surface area contributed by atoms with Crippen LogP contribution in [0.2, 0.25) is 0 Å². The van der Waals surface area contributed by atoms with Crippen LogP contribution < -0.4 is 14.5 Å². The Morgan fingerprint density at radius 1 is 1.05 bits per heavy atom. The Labute approximate surface area is 226 Å². The first-order valence-corrected chi connectivity index (χ1v) is 13.1. The van der Waals surface area contributed by atoms with E-state index in [4.69, 9.17) is 16.3 Å². The van der Waals surface area contributed by atoms with E-state index in [-0.39, 0.29) is 6.04 Å². The van der Waals surface area contributed by atoms with E-state index >= 15 is 0 Å². The summed E-state index contributed by atoms with van der Waals surface area (Å²) in [7, 11) is 1.63. The van der Waals surface area contributed by atoms with Gasteiger partial charge in [-0.05, 0) is 30.2 Å². The number of hydrogen-bond acceptors (Lipinski definition) is 8. The highest BCUT2D eigenvalue weighted by atomic mass is 16.5. The first-order valence-electron chi connectivity index (χ1n) is 13.1. The van der Waals surface area contributed by atoms with E-state index in [1.165, 1.54) is 12.0 Å². The van der Waals surface area contributed by atoms with E-state index in [9.17, 15) is 5.26 Å². The van der Waals surface area contributed by atoms with Crippen LogP contribution >= 0.6 is 0 Å². The minimum atomic E-state index is 0.0388. The highest BCUT2D eigenvalue weighted by Gasteiger charge is 2.44. The van der Waals surface area contributed by atoms with Gasteiger partial charge in [-0.25, -0.2) is 21.1 Å². The fourth-order valence-corrected chi connectivity index (χ4v) is 6.03. The second-order valence-electron chi connectivity index (χ2n) is 10.5. The molecule has 4 aromatic heterocycles. The topological polar surface area (TPSA) is 90.2 Å². The van der Waals surface area contributed by atoms with E-state index < -0.39 is 0 Å². The number of hydrogen-bond donors (Lipinski definition) is 0. The third-order valence-corrected chi connectivity index (χ3v) is 8.23. The average Bonchev–Trinajstić information content (AvgIpc) is 3.38. The summed E-state index contributed by atoms with van der Waals surface area (Å²) in [5.74, 6) is 1.62. The third-order valence-electron chi connectivity index (χ3n) is 8.23. The number of piperidine rings is 1. The van der Waals surface area contributed by atoms with Gasteiger partial charge in [-0.2, -0.15) is 10.4 Å². The maximum absolute atomic E-state index is 9.70. The van der Waals surface area contributed by atoms with Crippen LogP contribution in [0.15, 0.2) is 55.1 Å². The van der Waals surface area contributed by atoms with Crippen LogP contribution in [0.4, 0.5) is 11.5 Å². The molecule has 0 N–H and O–H groups in total. The summed E-state index contributed by atoms with van der Waals surface area (Å²) in [5.41, 5.74) is 5.38. The normalized spacial score (nSPS) is 20.7. The number of rotatable bonds is 6. The number of methoxy groups -OCH3 is 1. The van der Waals surface area contributed by atoms with Crippen molar-refractivity contribution in [3.8, 4) is 23.1 Å². The van der Waals surface area contributed by atoms with Crippen molar-refractivity contribution < 1.29 is 4.74 Å². The first-order chi connectivity index (χ1) is 19.1. The Morgan fingerprint density at radius 2 is 1.90 bits per heavy atom. The largest absolute Gasteiger partial charge is 0.481 e. The zero-order valence-electron chi connectivity index (χ0n) is 21.6. The Balaban J connectivity index is 1.10. The molecule has 10 heteroatoms. The molecule has 0 aromatic carbocycles. The zero-order chi connectivity index (χ0) is 26.5. The molecule has 2 bridgehead atoms. The molecular formula is C29H27N9O. The van der Waals surface area contributed by atoms with Crippen molar-refractivity contribution in [2.45, 2.75) is 31.1 Å². The van der Waals surface area contributed by atoms with Gasteiger partial charge in [-0.3, -0.25) is 4.90 Å². The van der Waals surface area contributed by atoms with Crippen molar-refractivity contribution in [3.63, 3.8) is 0 Å². The van der Waals surface area contributed by atoms with Crippen molar-refractivity contribution >= 4 is 17.0 Å². The number of anilines is 2. The number of aromatic nitrogens is 4. The van der Waals surface area contributed by atoms with Crippen LogP contribution in [0, 0.1) is 17.9 Å². The Bertz CT molecular complexity index is 1600. The van der Waals surface area contributed by atoms with Gasteiger partial charge in [0.2, 0.25) is 5.88 Å². The van der Waals surface area contributed by atoms with Crippen LogP contribution in [0.1, 0.15) is 17.5 Å². The molecule has 2 unspecified atom stereocenters. The van der Waals surface area contributed by atoms with E-state index in [2.05, 4.69) is 60.0 Å². The lowest BCUT2D eigenvalue weighted by Gasteiger charge is -2.56. The van der Waals surface area contributed by atoms with Gasteiger partial charge in [0.15, 0.2) is 0 Å². The third kappa shape index (κ3) is 4.01. The van der Waals surface area contributed by atoms with Crippen LogP contribution in [0.3, 0.4) is 0 Å². The molecule has 4 saturated heterocycles. The molecule has 2 atom stereocenters. The van der Waals surface area contributed by atoms with E-state index in [0.29, 0.717) is 36.6 Å². The predicted molar refractivity (Wildman–Crippen MR) is 146 cm³/mol. The fraction of sp³-hybridized carbons (Fsp3) is 0.345.